The Hall–Kier alpha value is -2.08. The lowest BCUT2D eigenvalue weighted by Gasteiger charge is -2.33. The topological polar surface area (TPSA) is 55.6 Å². The summed E-state index contributed by atoms with van der Waals surface area (Å²) in [5.74, 6) is 0.717. The van der Waals surface area contributed by atoms with E-state index in [1.807, 2.05) is 61.0 Å². The van der Waals surface area contributed by atoms with Gasteiger partial charge in [0.25, 0.3) is 0 Å². The van der Waals surface area contributed by atoms with Crippen LogP contribution in [0.2, 0.25) is 15.1 Å². The molecule has 0 unspecified atom stereocenters. The number of hydrogen-bond donors (Lipinski definition) is 1. The highest BCUT2D eigenvalue weighted by atomic mass is 35.5. The molecule has 0 aliphatic carbocycles. The van der Waals surface area contributed by atoms with Crippen LogP contribution in [0.3, 0.4) is 0 Å². The first-order valence-electron chi connectivity index (χ1n) is 9.93. The van der Waals surface area contributed by atoms with Crippen molar-refractivity contribution in [3.8, 4) is 0 Å². The molecular weight excluding hydrogens is 453 g/mol. The first-order chi connectivity index (χ1) is 14.5. The maximum atomic E-state index is 6.36. The number of allylic oxidation sites excluding steroid dienone is 1. The number of rotatable bonds is 6. The van der Waals surface area contributed by atoms with Gasteiger partial charge in [0.05, 0.1) is 11.6 Å². The van der Waals surface area contributed by atoms with Gasteiger partial charge in [0.2, 0.25) is 0 Å². The minimum atomic E-state index is -0.535. The van der Waals surface area contributed by atoms with E-state index in [0.717, 1.165) is 11.3 Å². The summed E-state index contributed by atoms with van der Waals surface area (Å²) in [6.45, 7) is 10.5. The van der Waals surface area contributed by atoms with Crippen molar-refractivity contribution < 1.29 is 0 Å². The Morgan fingerprint density at radius 1 is 0.935 bits per heavy atom. The highest BCUT2D eigenvalue weighted by Crippen LogP contribution is 2.35. The largest absolute Gasteiger partial charge is 0.373 e. The Balaban J connectivity index is 1.96. The lowest BCUT2D eigenvalue weighted by atomic mass is 9.85. The van der Waals surface area contributed by atoms with Crippen LogP contribution in [0, 0.1) is 5.41 Å². The number of anilines is 1. The number of halogens is 3. The first kappa shape index (κ1) is 23.6. The molecule has 0 fully saturated rings. The number of aromatic nitrogens is 4. The highest BCUT2D eigenvalue weighted by Gasteiger charge is 2.34. The van der Waals surface area contributed by atoms with Crippen LogP contribution in [0.1, 0.15) is 52.0 Å². The van der Waals surface area contributed by atoms with Crippen molar-refractivity contribution in [3.05, 3.63) is 75.0 Å². The molecule has 0 amide bonds. The van der Waals surface area contributed by atoms with E-state index in [0.29, 0.717) is 20.9 Å². The molecule has 0 bridgehead atoms. The predicted molar refractivity (Wildman–Crippen MR) is 130 cm³/mol. The molecule has 0 radical (unpaired) electrons. The van der Waals surface area contributed by atoms with Crippen LogP contribution in [0.25, 0.3) is 6.08 Å². The summed E-state index contributed by atoms with van der Waals surface area (Å²) in [6, 6.07) is 12.9. The summed E-state index contributed by atoms with van der Waals surface area (Å²) >= 11 is 18.4. The molecule has 5 nitrogen and oxygen atoms in total. The molecule has 3 rings (SSSR count). The van der Waals surface area contributed by atoms with Crippen LogP contribution in [-0.2, 0) is 5.54 Å². The summed E-state index contributed by atoms with van der Waals surface area (Å²) in [6.07, 6.45) is 4.06. The Morgan fingerprint density at radius 2 is 1.58 bits per heavy atom. The van der Waals surface area contributed by atoms with Crippen molar-refractivity contribution in [1.82, 2.24) is 20.2 Å². The number of nitrogens with zero attached hydrogens (tertiary/aromatic N) is 4. The zero-order valence-corrected chi connectivity index (χ0v) is 20.5. The molecule has 1 N–H and O–H groups in total. The van der Waals surface area contributed by atoms with Gasteiger partial charge in [-0.05, 0) is 71.7 Å². The molecule has 2 aromatic carbocycles. The second-order valence-electron chi connectivity index (χ2n) is 9.04. The molecule has 1 aromatic heterocycles. The molecule has 31 heavy (non-hydrogen) atoms. The minimum absolute atomic E-state index is 0.115. The van der Waals surface area contributed by atoms with Crippen LogP contribution < -0.4 is 5.32 Å². The fourth-order valence-corrected chi connectivity index (χ4v) is 3.91. The highest BCUT2D eigenvalue weighted by molar-refractivity contribution is 6.35. The summed E-state index contributed by atoms with van der Waals surface area (Å²) in [7, 11) is 0. The van der Waals surface area contributed by atoms with Gasteiger partial charge in [-0.3, -0.25) is 0 Å². The number of nitrogens with one attached hydrogen (secondary N) is 1. The average Bonchev–Trinajstić information content (AvgIpc) is 3.14. The summed E-state index contributed by atoms with van der Waals surface area (Å²) in [4.78, 5) is 0. The van der Waals surface area contributed by atoms with E-state index in [9.17, 15) is 0 Å². The van der Waals surface area contributed by atoms with Gasteiger partial charge in [-0.1, -0.05) is 73.8 Å². The van der Waals surface area contributed by atoms with E-state index in [2.05, 4.69) is 47.7 Å². The molecule has 164 valence electrons. The third-order valence-electron chi connectivity index (χ3n) is 4.92. The predicted octanol–water partition coefficient (Wildman–Crippen LogP) is 7.28. The van der Waals surface area contributed by atoms with E-state index in [1.54, 1.807) is 6.07 Å². The van der Waals surface area contributed by atoms with E-state index >= 15 is 0 Å². The van der Waals surface area contributed by atoms with E-state index in [1.165, 1.54) is 0 Å². The Bertz CT molecular complexity index is 1070. The van der Waals surface area contributed by atoms with Crippen molar-refractivity contribution in [3.63, 3.8) is 0 Å². The molecule has 1 atom stereocenters. The van der Waals surface area contributed by atoms with Crippen LogP contribution in [0.4, 0.5) is 5.69 Å². The molecule has 0 spiro atoms. The lowest BCUT2D eigenvalue weighted by Crippen LogP contribution is -2.35. The number of hydrogen-bond acceptors (Lipinski definition) is 4. The monoisotopic (exact) mass is 477 g/mol. The maximum Gasteiger partial charge on any atom is 0.176 e. The second kappa shape index (κ2) is 9.19. The third-order valence-corrected chi connectivity index (χ3v) is 5.74. The number of tetrazole rings is 1. The van der Waals surface area contributed by atoms with E-state index < -0.39 is 5.54 Å². The van der Waals surface area contributed by atoms with Crippen molar-refractivity contribution in [2.24, 2.45) is 5.41 Å². The normalized spacial score (nSPS) is 13.5. The van der Waals surface area contributed by atoms with E-state index in [-0.39, 0.29) is 11.5 Å². The Labute approximate surface area is 198 Å². The van der Waals surface area contributed by atoms with Crippen LogP contribution in [-0.4, -0.2) is 20.2 Å². The van der Waals surface area contributed by atoms with Crippen LogP contribution in [0.15, 0.2) is 48.5 Å². The maximum absolute atomic E-state index is 6.36. The molecule has 1 heterocycles. The zero-order chi connectivity index (χ0) is 22.8. The van der Waals surface area contributed by atoms with Gasteiger partial charge in [0.1, 0.15) is 0 Å². The van der Waals surface area contributed by atoms with Crippen molar-refractivity contribution >= 4 is 46.6 Å². The Kier molecular flexibility index (Phi) is 6.99. The number of benzene rings is 2. The molecule has 0 aliphatic heterocycles. The van der Waals surface area contributed by atoms with Gasteiger partial charge in [-0.25, -0.2) is 4.68 Å². The fraction of sp³-hybridized carbons (Fsp3) is 0.348. The molecule has 0 aliphatic rings. The summed E-state index contributed by atoms with van der Waals surface area (Å²) in [5, 5.41) is 18.1. The summed E-state index contributed by atoms with van der Waals surface area (Å²) in [5.41, 5.74) is 1.12. The quantitative estimate of drug-likeness (QED) is 0.404. The molecular formula is C23H26Cl3N5. The van der Waals surface area contributed by atoms with Crippen molar-refractivity contribution in [2.75, 3.05) is 5.32 Å². The standard InChI is InChI=1S/C23H26Cl3N5/c1-22(2,3)20(13-7-15-6-8-17(25)14-19(15)26)31-21(28-29-30-31)23(4,5)27-18-11-9-16(24)10-12-18/h6-14,20,27H,1-5H3/t20-/m0/s1. The van der Waals surface area contributed by atoms with Gasteiger partial charge >= 0.3 is 0 Å². The molecule has 8 heteroatoms. The molecule has 0 saturated carbocycles. The van der Waals surface area contributed by atoms with Crippen molar-refractivity contribution in [1.29, 1.82) is 0 Å². The first-order valence-corrected chi connectivity index (χ1v) is 11.1. The third kappa shape index (κ3) is 5.79. The second-order valence-corrected chi connectivity index (χ2v) is 10.3. The SMILES string of the molecule is CC(C)(Nc1ccc(Cl)cc1)c1nnnn1[C@@H](C=Cc1ccc(Cl)cc1Cl)C(C)(C)C. The minimum Gasteiger partial charge on any atom is -0.373 e. The molecule has 0 saturated heterocycles. The van der Waals surface area contributed by atoms with E-state index in [4.69, 9.17) is 34.8 Å². The lowest BCUT2D eigenvalue weighted by molar-refractivity contribution is 0.258. The smallest absolute Gasteiger partial charge is 0.176 e. The zero-order valence-electron chi connectivity index (χ0n) is 18.2. The van der Waals surface area contributed by atoms with Gasteiger partial charge < -0.3 is 5.32 Å². The van der Waals surface area contributed by atoms with Gasteiger partial charge in [0, 0.05) is 20.8 Å². The van der Waals surface area contributed by atoms with Gasteiger partial charge in [-0.15, -0.1) is 5.10 Å². The van der Waals surface area contributed by atoms with Crippen molar-refractivity contribution in [2.45, 2.75) is 46.2 Å². The Morgan fingerprint density at radius 3 is 2.19 bits per heavy atom. The average molecular weight is 479 g/mol. The molecule has 3 aromatic rings. The van der Waals surface area contributed by atoms with Gasteiger partial charge in [-0.2, -0.15) is 0 Å². The van der Waals surface area contributed by atoms with Gasteiger partial charge in [0.15, 0.2) is 5.82 Å². The van der Waals surface area contributed by atoms with Crippen LogP contribution >= 0.6 is 34.8 Å². The van der Waals surface area contributed by atoms with Crippen LogP contribution in [0.5, 0.6) is 0 Å². The fourth-order valence-electron chi connectivity index (χ4n) is 3.31. The summed E-state index contributed by atoms with van der Waals surface area (Å²) < 4.78 is 1.86.